The van der Waals surface area contributed by atoms with E-state index in [1.807, 2.05) is 0 Å². The second-order valence-electron chi connectivity index (χ2n) is 4.06. The molecule has 0 aliphatic carbocycles. The summed E-state index contributed by atoms with van der Waals surface area (Å²) >= 11 is 6.02. The summed E-state index contributed by atoms with van der Waals surface area (Å²) in [6.45, 7) is 4.41. The van der Waals surface area contributed by atoms with Crippen LogP contribution >= 0.6 is 11.6 Å². The second-order valence-corrected chi connectivity index (χ2v) is 4.33. The first-order chi connectivity index (χ1) is 7.83. The van der Waals surface area contributed by atoms with E-state index in [1.54, 1.807) is 7.11 Å². The number of halogens is 1. The van der Waals surface area contributed by atoms with Crippen molar-refractivity contribution in [3.05, 3.63) is 0 Å². The van der Waals surface area contributed by atoms with Gasteiger partial charge in [-0.25, -0.2) is 0 Å². The molecule has 4 nitrogen and oxygen atoms in total. The number of alkyl halides is 1. The Bertz CT molecular complexity index is 175. The largest absolute Gasteiger partial charge is 0.382 e. The van der Waals surface area contributed by atoms with Crippen LogP contribution in [0.1, 0.15) is 12.8 Å². The van der Waals surface area contributed by atoms with Crippen LogP contribution in [0.25, 0.3) is 0 Å². The SMILES string of the molecule is COCCOCCNC1(CCl)CCOCC1. The van der Waals surface area contributed by atoms with Crippen molar-refractivity contribution >= 4 is 11.6 Å². The molecule has 1 heterocycles. The maximum atomic E-state index is 6.02. The highest BCUT2D eigenvalue weighted by Crippen LogP contribution is 2.21. The molecule has 5 heteroatoms. The van der Waals surface area contributed by atoms with Gasteiger partial charge in [0.05, 0.1) is 19.8 Å². The lowest BCUT2D eigenvalue weighted by Gasteiger charge is -2.36. The summed E-state index contributed by atoms with van der Waals surface area (Å²) in [6.07, 6.45) is 1.96. The highest BCUT2D eigenvalue weighted by Gasteiger charge is 2.30. The summed E-state index contributed by atoms with van der Waals surface area (Å²) in [5.41, 5.74) is 0.0461. The van der Waals surface area contributed by atoms with E-state index >= 15 is 0 Å². The molecule has 0 amide bonds. The van der Waals surface area contributed by atoms with Crippen molar-refractivity contribution in [3.63, 3.8) is 0 Å². The zero-order valence-electron chi connectivity index (χ0n) is 9.97. The lowest BCUT2D eigenvalue weighted by molar-refractivity contribution is 0.0369. The van der Waals surface area contributed by atoms with Gasteiger partial charge >= 0.3 is 0 Å². The first-order valence-corrected chi connectivity index (χ1v) is 6.32. The van der Waals surface area contributed by atoms with Gasteiger partial charge in [0.2, 0.25) is 0 Å². The average Bonchev–Trinajstić information content (AvgIpc) is 2.35. The average molecular weight is 252 g/mol. The second kappa shape index (κ2) is 8.25. The minimum Gasteiger partial charge on any atom is -0.382 e. The van der Waals surface area contributed by atoms with Crippen molar-refractivity contribution in [2.24, 2.45) is 0 Å². The smallest absolute Gasteiger partial charge is 0.0700 e. The molecule has 0 bridgehead atoms. The van der Waals surface area contributed by atoms with Gasteiger partial charge in [0.15, 0.2) is 0 Å². The highest BCUT2D eigenvalue weighted by atomic mass is 35.5. The van der Waals surface area contributed by atoms with E-state index in [-0.39, 0.29) is 5.54 Å². The zero-order chi connectivity index (χ0) is 11.7. The fourth-order valence-corrected chi connectivity index (χ4v) is 2.11. The molecule has 16 heavy (non-hydrogen) atoms. The Balaban J connectivity index is 2.08. The van der Waals surface area contributed by atoms with E-state index in [1.165, 1.54) is 0 Å². The fourth-order valence-electron chi connectivity index (χ4n) is 1.75. The topological polar surface area (TPSA) is 39.7 Å². The van der Waals surface area contributed by atoms with E-state index in [2.05, 4.69) is 5.32 Å². The summed E-state index contributed by atoms with van der Waals surface area (Å²) < 4.78 is 15.6. The Hall–Kier alpha value is 0.130. The van der Waals surface area contributed by atoms with Crippen molar-refractivity contribution in [1.82, 2.24) is 5.32 Å². The lowest BCUT2D eigenvalue weighted by atomic mass is 9.92. The molecule has 0 unspecified atom stereocenters. The molecule has 1 rings (SSSR count). The van der Waals surface area contributed by atoms with Crippen molar-refractivity contribution < 1.29 is 14.2 Å². The number of rotatable bonds is 8. The van der Waals surface area contributed by atoms with Crippen LogP contribution in [-0.2, 0) is 14.2 Å². The Morgan fingerprint density at radius 1 is 1.25 bits per heavy atom. The maximum absolute atomic E-state index is 6.02. The number of ether oxygens (including phenoxy) is 3. The fraction of sp³-hybridized carbons (Fsp3) is 1.00. The minimum absolute atomic E-state index is 0.0461. The monoisotopic (exact) mass is 251 g/mol. The summed E-state index contributed by atoms with van der Waals surface area (Å²) in [4.78, 5) is 0. The van der Waals surface area contributed by atoms with Crippen LogP contribution in [0, 0.1) is 0 Å². The van der Waals surface area contributed by atoms with Gasteiger partial charge in [-0.1, -0.05) is 0 Å². The molecule has 1 N–H and O–H groups in total. The number of hydrogen-bond acceptors (Lipinski definition) is 4. The van der Waals surface area contributed by atoms with E-state index in [9.17, 15) is 0 Å². The molecule has 1 fully saturated rings. The third-order valence-corrected chi connectivity index (χ3v) is 3.40. The molecule has 0 atom stereocenters. The molecular formula is C11H22ClNO3. The van der Waals surface area contributed by atoms with E-state index in [4.69, 9.17) is 25.8 Å². The van der Waals surface area contributed by atoms with Crippen LogP contribution in [0.4, 0.5) is 0 Å². The summed E-state index contributed by atoms with van der Waals surface area (Å²) in [7, 11) is 1.67. The Morgan fingerprint density at radius 3 is 2.62 bits per heavy atom. The van der Waals surface area contributed by atoms with Crippen LogP contribution in [-0.4, -0.2) is 58.1 Å². The predicted molar refractivity (Wildman–Crippen MR) is 64.2 cm³/mol. The van der Waals surface area contributed by atoms with Gasteiger partial charge in [-0.3, -0.25) is 0 Å². The lowest BCUT2D eigenvalue weighted by Crippen LogP contribution is -2.52. The van der Waals surface area contributed by atoms with Crippen molar-refractivity contribution in [1.29, 1.82) is 0 Å². The first kappa shape index (κ1) is 14.2. The van der Waals surface area contributed by atoms with E-state index in [0.29, 0.717) is 25.7 Å². The minimum atomic E-state index is 0.0461. The molecule has 96 valence electrons. The summed E-state index contributed by atoms with van der Waals surface area (Å²) in [6, 6.07) is 0. The first-order valence-electron chi connectivity index (χ1n) is 5.78. The van der Waals surface area contributed by atoms with Crippen molar-refractivity contribution in [2.45, 2.75) is 18.4 Å². The van der Waals surface area contributed by atoms with Gasteiger partial charge in [-0.05, 0) is 12.8 Å². The summed E-state index contributed by atoms with van der Waals surface area (Å²) in [5, 5.41) is 3.48. The van der Waals surface area contributed by atoms with Crippen LogP contribution in [0.3, 0.4) is 0 Å². The molecule has 0 radical (unpaired) electrons. The Kier molecular flexibility index (Phi) is 7.32. The third-order valence-electron chi connectivity index (χ3n) is 2.88. The van der Waals surface area contributed by atoms with Crippen LogP contribution in [0.5, 0.6) is 0 Å². The maximum Gasteiger partial charge on any atom is 0.0700 e. The molecule has 0 aromatic rings. The van der Waals surface area contributed by atoms with Crippen LogP contribution in [0.15, 0.2) is 0 Å². The van der Waals surface area contributed by atoms with E-state index in [0.717, 1.165) is 32.6 Å². The molecule has 0 aromatic carbocycles. The molecule has 1 aliphatic rings. The quantitative estimate of drug-likeness (QED) is 0.517. The van der Waals surface area contributed by atoms with Crippen molar-refractivity contribution in [2.75, 3.05) is 52.6 Å². The Labute approximate surface area is 103 Å². The number of methoxy groups -OCH3 is 1. The van der Waals surface area contributed by atoms with Crippen LogP contribution < -0.4 is 5.32 Å². The predicted octanol–water partition coefficient (Wildman–Crippen LogP) is 1.03. The number of nitrogens with one attached hydrogen (secondary N) is 1. The van der Waals surface area contributed by atoms with Gasteiger partial charge in [0, 0.05) is 38.3 Å². The Morgan fingerprint density at radius 2 is 2.00 bits per heavy atom. The third kappa shape index (κ3) is 4.97. The van der Waals surface area contributed by atoms with Gasteiger partial charge in [-0.2, -0.15) is 0 Å². The van der Waals surface area contributed by atoms with Gasteiger partial charge in [0.1, 0.15) is 0 Å². The van der Waals surface area contributed by atoms with Crippen molar-refractivity contribution in [3.8, 4) is 0 Å². The zero-order valence-corrected chi connectivity index (χ0v) is 10.7. The summed E-state index contributed by atoms with van der Waals surface area (Å²) in [5.74, 6) is 0.633. The van der Waals surface area contributed by atoms with Crippen LogP contribution in [0.2, 0.25) is 0 Å². The van der Waals surface area contributed by atoms with Gasteiger partial charge in [0.25, 0.3) is 0 Å². The standard InChI is InChI=1S/C11H22ClNO3/c1-14-8-9-16-7-4-13-11(10-12)2-5-15-6-3-11/h13H,2-10H2,1H3. The molecular weight excluding hydrogens is 230 g/mol. The highest BCUT2D eigenvalue weighted by molar-refractivity contribution is 6.18. The normalized spacial score (nSPS) is 19.9. The van der Waals surface area contributed by atoms with E-state index < -0.39 is 0 Å². The molecule has 1 saturated heterocycles. The molecule has 0 spiro atoms. The van der Waals surface area contributed by atoms with Gasteiger partial charge in [-0.15, -0.1) is 11.6 Å². The molecule has 0 saturated carbocycles. The number of hydrogen-bond donors (Lipinski definition) is 1. The molecule has 1 aliphatic heterocycles. The molecule has 0 aromatic heterocycles. The van der Waals surface area contributed by atoms with Gasteiger partial charge < -0.3 is 19.5 Å².